The summed E-state index contributed by atoms with van der Waals surface area (Å²) in [5, 5.41) is 3.59. The molecule has 3 aromatic rings. The van der Waals surface area contributed by atoms with Gasteiger partial charge in [-0.25, -0.2) is 15.0 Å². The Morgan fingerprint density at radius 3 is 2.68 bits per heavy atom. The first-order chi connectivity index (χ1) is 14.8. The van der Waals surface area contributed by atoms with Crippen LogP contribution in [0.25, 0.3) is 22.3 Å². The number of rotatable bonds is 3. The molecule has 0 bridgehead atoms. The third kappa shape index (κ3) is 4.23. The van der Waals surface area contributed by atoms with Crippen LogP contribution in [-0.2, 0) is 10.2 Å². The van der Waals surface area contributed by atoms with E-state index in [1.54, 1.807) is 13.1 Å². The highest BCUT2D eigenvalue weighted by atomic mass is 16.5. The van der Waals surface area contributed by atoms with Gasteiger partial charge in [-0.15, -0.1) is 0 Å². The number of hydrogen-bond donors (Lipinski definition) is 1. The minimum Gasteiger partial charge on any atom is -0.377 e. The molecule has 0 unspecified atom stereocenters. The molecule has 1 aliphatic rings. The van der Waals surface area contributed by atoms with Gasteiger partial charge in [-0.05, 0) is 31.2 Å². The number of nitrogens with zero attached hydrogens (tertiary/aromatic N) is 4. The number of pyridine rings is 1. The Labute approximate surface area is 182 Å². The molecule has 1 saturated heterocycles. The first kappa shape index (κ1) is 21.2. The smallest absolute Gasteiger partial charge is 0.251 e. The number of aromatic nitrogens is 3. The van der Waals surface area contributed by atoms with Crippen molar-refractivity contribution in [2.75, 3.05) is 31.7 Å². The number of anilines is 1. The van der Waals surface area contributed by atoms with Gasteiger partial charge >= 0.3 is 0 Å². The molecule has 1 amide bonds. The summed E-state index contributed by atoms with van der Waals surface area (Å²) in [6, 6.07) is 11.7. The molecule has 0 saturated carbocycles. The Kier molecular flexibility index (Phi) is 5.62. The van der Waals surface area contributed by atoms with E-state index >= 15 is 0 Å². The van der Waals surface area contributed by atoms with E-state index in [-0.39, 0.29) is 17.4 Å². The highest BCUT2D eigenvalue weighted by Gasteiger charge is 2.26. The third-order valence-electron chi connectivity index (χ3n) is 5.50. The lowest BCUT2D eigenvalue weighted by Crippen LogP contribution is -2.44. The van der Waals surface area contributed by atoms with E-state index in [0.29, 0.717) is 24.4 Å². The Bertz CT molecular complexity index is 1120. The summed E-state index contributed by atoms with van der Waals surface area (Å²) in [5.41, 5.74) is 2.70. The molecule has 0 spiro atoms. The predicted molar refractivity (Wildman–Crippen MR) is 122 cm³/mol. The zero-order valence-electron chi connectivity index (χ0n) is 18.8. The maximum absolute atomic E-state index is 12.0. The van der Waals surface area contributed by atoms with Gasteiger partial charge in [0.05, 0.1) is 30.3 Å². The van der Waals surface area contributed by atoms with E-state index in [1.807, 2.05) is 30.3 Å². The lowest BCUT2D eigenvalue weighted by molar-refractivity contribution is 0.0963. The molecule has 7 heteroatoms. The van der Waals surface area contributed by atoms with Crippen molar-refractivity contribution in [2.24, 2.45) is 0 Å². The van der Waals surface area contributed by atoms with E-state index in [0.717, 1.165) is 34.8 Å². The molecule has 0 aliphatic carbocycles. The van der Waals surface area contributed by atoms with Crippen LogP contribution < -0.4 is 10.2 Å². The van der Waals surface area contributed by atoms with Crippen molar-refractivity contribution in [3.8, 4) is 11.3 Å². The minimum absolute atomic E-state index is 0.122. The fraction of sp³-hybridized carbons (Fsp3) is 0.417. The van der Waals surface area contributed by atoms with Gasteiger partial charge in [0.2, 0.25) is 0 Å². The van der Waals surface area contributed by atoms with Crippen LogP contribution in [0.15, 0.2) is 36.4 Å². The van der Waals surface area contributed by atoms with Crippen molar-refractivity contribution in [1.29, 1.82) is 0 Å². The monoisotopic (exact) mass is 419 g/mol. The van der Waals surface area contributed by atoms with Gasteiger partial charge in [0.15, 0.2) is 5.65 Å². The number of carbonyl (C=O) groups is 1. The highest BCUT2D eigenvalue weighted by molar-refractivity contribution is 5.95. The molecule has 0 radical (unpaired) electrons. The van der Waals surface area contributed by atoms with Crippen LogP contribution in [0, 0.1) is 0 Å². The normalized spacial score (nSPS) is 17.1. The van der Waals surface area contributed by atoms with Crippen molar-refractivity contribution in [2.45, 2.75) is 39.2 Å². The van der Waals surface area contributed by atoms with Gasteiger partial charge in [0.1, 0.15) is 11.6 Å². The fourth-order valence-electron chi connectivity index (χ4n) is 3.72. The van der Waals surface area contributed by atoms with Crippen LogP contribution in [0.5, 0.6) is 0 Å². The first-order valence-electron chi connectivity index (χ1n) is 10.6. The number of morpholine rings is 1. The standard InChI is InChI=1S/C24H29N5O2/c1-15-14-31-12-11-29(15)21-18-9-10-19(16-7-6-8-17(13-16)22(30)25-5)26-20(18)27-23(28-21)24(2,3)4/h6-10,13,15H,11-12,14H2,1-5H3,(H,25,30)/t15-/m0/s1. The number of fused-ring (bicyclic) bond motifs is 1. The van der Waals surface area contributed by atoms with Gasteiger partial charge in [0.25, 0.3) is 5.91 Å². The van der Waals surface area contributed by atoms with Crippen LogP contribution in [0.1, 0.15) is 43.9 Å². The summed E-state index contributed by atoms with van der Waals surface area (Å²) < 4.78 is 5.63. The van der Waals surface area contributed by atoms with Gasteiger partial charge < -0.3 is 15.0 Å². The Morgan fingerprint density at radius 1 is 1.16 bits per heavy atom. The van der Waals surface area contributed by atoms with Gasteiger partial charge in [-0.3, -0.25) is 4.79 Å². The van der Waals surface area contributed by atoms with Crippen LogP contribution in [0.2, 0.25) is 0 Å². The molecular weight excluding hydrogens is 390 g/mol. The summed E-state index contributed by atoms with van der Waals surface area (Å²) in [7, 11) is 1.63. The van der Waals surface area contributed by atoms with Gasteiger partial charge in [-0.2, -0.15) is 0 Å². The fourth-order valence-corrected chi connectivity index (χ4v) is 3.72. The number of ether oxygens (including phenoxy) is 1. The predicted octanol–water partition coefficient (Wildman–Crippen LogP) is 3.57. The zero-order valence-corrected chi connectivity index (χ0v) is 18.8. The van der Waals surface area contributed by atoms with E-state index in [9.17, 15) is 4.79 Å². The Morgan fingerprint density at radius 2 is 1.97 bits per heavy atom. The Hall–Kier alpha value is -3.06. The lowest BCUT2D eigenvalue weighted by Gasteiger charge is -2.35. The van der Waals surface area contributed by atoms with Gasteiger partial charge in [-0.1, -0.05) is 32.9 Å². The second-order valence-corrected chi connectivity index (χ2v) is 8.97. The molecule has 1 N–H and O–H groups in total. The number of amides is 1. The average molecular weight is 420 g/mol. The second-order valence-electron chi connectivity index (χ2n) is 8.97. The van der Waals surface area contributed by atoms with Crippen LogP contribution in [-0.4, -0.2) is 53.7 Å². The molecule has 1 aromatic carbocycles. The van der Waals surface area contributed by atoms with E-state index < -0.39 is 0 Å². The minimum atomic E-state index is -0.213. The van der Waals surface area contributed by atoms with Crippen molar-refractivity contribution in [3.63, 3.8) is 0 Å². The Balaban J connectivity index is 1.86. The van der Waals surface area contributed by atoms with Crippen molar-refractivity contribution >= 4 is 22.8 Å². The summed E-state index contributed by atoms with van der Waals surface area (Å²) in [5.74, 6) is 1.55. The quantitative estimate of drug-likeness (QED) is 0.699. The summed E-state index contributed by atoms with van der Waals surface area (Å²) in [4.78, 5) is 29.0. The largest absolute Gasteiger partial charge is 0.377 e. The number of carbonyl (C=O) groups excluding carboxylic acids is 1. The molecule has 2 aromatic heterocycles. The molecule has 3 heterocycles. The highest BCUT2D eigenvalue weighted by Crippen LogP contribution is 2.31. The lowest BCUT2D eigenvalue weighted by atomic mass is 9.95. The molecule has 1 atom stereocenters. The molecule has 1 fully saturated rings. The van der Waals surface area contributed by atoms with E-state index in [4.69, 9.17) is 19.7 Å². The molecule has 1 aliphatic heterocycles. The van der Waals surface area contributed by atoms with Crippen molar-refractivity contribution in [3.05, 3.63) is 47.8 Å². The second kappa shape index (κ2) is 8.23. The van der Waals surface area contributed by atoms with Crippen molar-refractivity contribution in [1.82, 2.24) is 20.3 Å². The molecule has 31 heavy (non-hydrogen) atoms. The van der Waals surface area contributed by atoms with Crippen LogP contribution >= 0.6 is 0 Å². The number of hydrogen-bond acceptors (Lipinski definition) is 6. The molecular formula is C24H29N5O2. The molecule has 7 nitrogen and oxygen atoms in total. The maximum atomic E-state index is 12.0. The van der Waals surface area contributed by atoms with Crippen molar-refractivity contribution < 1.29 is 9.53 Å². The molecule has 162 valence electrons. The number of nitrogens with one attached hydrogen (secondary N) is 1. The zero-order chi connectivity index (χ0) is 22.2. The topological polar surface area (TPSA) is 80.2 Å². The summed E-state index contributed by atoms with van der Waals surface area (Å²) in [6.07, 6.45) is 0. The van der Waals surface area contributed by atoms with Gasteiger partial charge in [0, 0.05) is 30.1 Å². The van der Waals surface area contributed by atoms with E-state index in [2.05, 4.69) is 37.9 Å². The van der Waals surface area contributed by atoms with Crippen LogP contribution in [0.3, 0.4) is 0 Å². The summed E-state index contributed by atoms with van der Waals surface area (Å²) in [6.45, 7) is 10.6. The summed E-state index contributed by atoms with van der Waals surface area (Å²) >= 11 is 0. The SMILES string of the molecule is CNC(=O)c1cccc(-c2ccc3c(N4CCOC[C@@H]4C)nc(C(C)(C)C)nc3n2)c1. The van der Waals surface area contributed by atoms with Crippen LogP contribution in [0.4, 0.5) is 5.82 Å². The third-order valence-corrected chi connectivity index (χ3v) is 5.50. The number of benzene rings is 1. The average Bonchev–Trinajstić information content (AvgIpc) is 2.77. The maximum Gasteiger partial charge on any atom is 0.251 e. The molecule has 4 rings (SSSR count). The van der Waals surface area contributed by atoms with E-state index in [1.165, 1.54) is 0 Å². The first-order valence-corrected chi connectivity index (χ1v) is 10.6.